The maximum absolute atomic E-state index is 12.1. The molecule has 0 bridgehead atoms. The number of hydrogen-bond donors (Lipinski definition) is 1. The zero-order valence-corrected chi connectivity index (χ0v) is 18.3. The number of carbonyl (C=O) groups excluding carboxylic acids is 1. The van der Waals surface area contributed by atoms with E-state index in [1.165, 1.54) is 0 Å². The summed E-state index contributed by atoms with van der Waals surface area (Å²) in [5.41, 5.74) is 0.944. The lowest BCUT2D eigenvalue weighted by Crippen LogP contribution is -2.49. The van der Waals surface area contributed by atoms with Gasteiger partial charge in [0.05, 0.1) is 17.9 Å². The molecule has 1 unspecified atom stereocenters. The van der Waals surface area contributed by atoms with Crippen molar-refractivity contribution in [3.05, 3.63) is 30.1 Å². The van der Waals surface area contributed by atoms with Gasteiger partial charge in [0.1, 0.15) is 0 Å². The number of aliphatic carboxylic acids is 1. The van der Waals surface area contributed by atoms with Crippen molar-refractivity contribution in [2.24, 2.45) is 5.92 Å². The molecule has 3 rings (SSSR count). The Morgan fingerprint density at radius 1 is 1.31 bits per heavy atom. The van der Waals surface area contributed by atoms with Gasteiger partial charge in [-0.25, -0.2) is 4.79 Å². The third-order valence-electron chi connectivity index (χ3n) is 5.86. The normalized spacial score (nSPS) is 20.0. The van der Waals surface area contributed by atoms with Gasteiger partial charge in [-0.15, -0.1) is 0 Å². The van der Waals surface area contributed by atoms with E-state index in [0.717, 1.165) is 64.1 Å². The second-order valence-electron chi connectivity index (χ2n) is 7.99. The summed E-state index contributed by atoms with van der Waals surface area (Å²) in [5, 5.41) is 7.12. The molecule has 2 aliphatic rings. The first-order valence-electron chi connectivity index (χ1n) is 10.9. The van der Waals surface area contributed by atoms with Crippen LogP contribution in [0.4, 0.5) is 13.2 Å². The molecular formula is C22H31F3N2O5. The first kappa shape index (κ1) is 26.1. The monoisotopic (exact) mass is 460 g/mol. The number of nitrogens with zero attached hydrogens (tertiary/aromatic N) is 2. The van der Waals surface area contributed by atoms with Crippen molar-refractivity contribution >= 4 is 11.9 Å². The predicted octanol–water partition coefficient (Wildman–Crippen LogP) is 3.82. The van der Waals surface area contributed by atoms with Gasteiger partial charge in [0.15, 0.2) is 0 Å². The van der Waals surface area contributed by atoms with Crippen LogP contribution in [0.1, 0.15) is 51.1 Å². The van der Waals surface area contributed by atoms with Crippen molar-refractivity contribution < 1.29 is 37.3 Å². The highest BCUT2D eigenvalue weighted by atomic mass is 19.4. The highest BCUT2D eigenvalue weighted by Crippen LogP contribution is 2.42. The summed E-state index contributed by atoms with van der Waals surface area (Å²) >= 11 is 0. The summed E-state index contributed by atoms with van der Waals surface area (Å²) in [4.78, 5) is 27.3. The topological polar surface area (TPSA) is 89.0 Å². The second kappa shape index (κ2) is 12.2. The average molecular weight is 460 g/mol. The third-order valence-corrected chi connectivity index (χ3v) is 5.86. The van der Waals surface area contributed by atoms with E-state index in [9.17, 15) is 18.0 Å². The zero-order chi connectivity index (χ0) is 23.6. The van der Waals surface area contributed by atoms with E-state index in [4.69, 9.17) is 19.4 Å². The Balaban J connectivity index is 0.000000451. The van der Waals surface area contributed by atoms with Crippen LogP contribution in [-0.4, -0.2) is 64.9 Å². The van der Waals surface area contributed by atoms with Gasteiger partial charge >= 0.3 is 12.1 Å². The van der Waals surface area contributed by atoms with Crippen LogP contribution in [0, 0.1) is 5.92 Å². The molecule has 0 aliphatic carbocycles. The number of rotatable bonds is 7. The minimum absolute atomic E-state index is 0.0304. The fourth-order valence-electron chi connectivity index (χ4n) is 4.14. The van der Waals surface area contributed by atoms with Gasteiger partial charge in [-0.3, -0.25) is 9.78 Å². The largest absolute Gasteiger partial charge is 0.490 e. The molecule has 1 spiro atoms. The molecule has 32 heavy (non-hydrogen) atoms. The minimum Gasteiger partial charge on any atom is -0.475 e. The molecule has 0 radical (unpaired) electrons. The summed E-state index contributed by atoms with van der Waals surface area (Å²) < 4.78 is 43.8. The maximum Gasteiger partial charge on any atom is 0.490 e. The molecule has 1 atom stereocenters. The number of piperidine rings is 1. The van der Waals surface area contributed by atoms with Crippen molar-refractivity contribution in [2.75, 3.05) is 26.3 Å². The SMILES string of the molecule is CCCC(=O)N1CCC2(CC1)OCCC2CCOCc1ccccn1.O=C(O)C(F)(F)F. The molecule has 1 aromatic rings. The Kier molecular flexibility index (Phi) is 9.89. The van der Waals surface area contributed by atoms with Gasteiger partial charge in [-0.2, -0.15) is 13.2 Å². The number of carboxylic acids is 1. The number of halogens is 3. The smallest absolute Gasteiger partial charge is 0.475 e. The van der Waals surface area contributed by atoms with Crippen molar-refractivity contribution in [3.8, 4) is 0 Å². The maximum atomic E-state index is 12.1. The quantitative estimate of drug-likeness (QED) is 0.623. The summed E-state index contributed by atoms with van der Waals surface area (Å²) in [5.74, 6) is -1.92. The van der Waals surface area contributed by atoms with Gasteiger partial charge < -0.3 is 19.5 Å². The van der Waals surface area contributed by atoms with E-state index in [1.54, 1.807) is 6.20 Å². The highest BCUT2D eigenvalue weighted by Gasteiger charge is 2.46. The van der Waals surface area contributed by atoms with E-state index in [1.807, 2.05) is 23.1 Å². The van der Waals surface area contributed by atoms with E-state index in [0.29, 0.717) is 24.9 Å². The van der Waals surface area contributed by atoms with Crippen LogP contribution < -0.4 is 0 Å². The molecule has 0 saturated carbocycles. The molecule has 10 heteroatoms. The Morgan fingerprint density at radius 2 is 2.00 bits per heavy atom. The molecule has 1 aromatic heterocycles. The molecule has 2 fully saturated rings. The van der Waals surface area contributed by atoms with Crippen LogP contribution in [0.2, 0.25) is 0 Å². The number of aromatic nitrogens is 1. The van der Waals surface area contributed by atoms with E-state index in [-0.39, 0.29) is 5.60 Å². The molecule has 3 heterocycles. The van der Waals surface area contributed by atoms with E-state index < -0.39 is 12.1 Å². The lowest BCUT2D eigenvalue weighted by Gasteiger charge is -2.42. The van der Waals surface area contributed by atoms with Crippen LogP contribution in [0.25, 0.3) is 0 Å². The number of amides is 1. The van der Waals surface area contributed by atoms with Crippen molar-refractivity contribution in [2.45, 2.75) is 63.8 Å². The average Bonchev–Trinajstić information content (AvgIpc) is 3.14. The zero-order valence-electron chi connectivity index (χ0n) is 18.3. The molecule has 7 nitrogen and oxygen atoms in total. The number of pyridine rings is 1. The van der Waals surface area contributed by atoms with Crippen LogP contribution in [0.3, 0.4) is 0 Å². The minimum atomic E-state index is -5.08. The standard InChI is InChI=1S/C20H30N2O3.C2HF3O2/c1-2-5-19(23)22-12-9-20(10-13-22)17(8-15-25-20)7-14-24-16-18-6-3-4-11-21-18;3-2(4,5)1(6)7/h3-4,6,11,17H,2,5,7-10,12-16H2,1H3;(H,6,7). The molecule has 1 amide bonds. The number of carbonyl (C=O) groups is 2. The number of likely N-dealkylation sites (tertiary alicyclic amines) is 1. The molecule has 2 aliphatic heterocycles. The predicted molar refractivity (Wildman–Crippen MR) is 110 cm³/mol. The summed E-state index contributed by atoms with van der Waals surface area (Å²) in [6.45, 7) is 5.89. The van der Waals surface area contributed by atoms with E-state index >= 15 is 0 Å². The molecule has 2 saturated heterocycles. The van der Waals surface area contributed by atoms with Gasteiger partial charge in [-0.1, -0.05) is 13.0 Å². The Labute approximate surface area is 185 Å². The van der Waals surface area contributed by atoms with Gasteiger partial charge in [-0.05, 0) is 50.2 Å². The first-order chi connectivity index (χ1) is 15.2. The van der Waals surface area contributed by atoms with Crippen LogP contribution in [0.5, 0.6) is 0 Å². The van der Waals surface area contributed by atoms with Crippen LogP contribution in [0.15, 0.2) is 24.4 Å². The Morgan fingerprint density at radius 3 is 2.56 bits per heavy atom. The van der Waals surface area contributed by atoms with Crippen molar-refractivity contribution in [1.82, 2.24) is 9.88 Å². The van der Waals surface area contributed by atoms with Gasteiger partial charge in [0.2, 0.25) is 5.91 Å². The number of alkyl halides is 3. The molecular weight excluding hydrogens is 429 g/mol. The molecule has 0 aromatic carbocycles. The number of carboxylic acid groups (broad SMARTS) is 1. The Hall–Kier alpha value is -2.20. The van der Waals surface area contributed by atoms with Gasteiger partial charge in [0.25, 0.3) is 0 Å². The fourth-order valence-corrected chi connectivity index (χ4v) is 4.14. The number of ether oxygens (including phenoxy) is 2. The van der Waals surface area contributed by atoms with Crippen LogP contribution in [-0.2, 0) is 25.7 Å². The van der Waals surface area contributed by atoms with Gasteiger partial charge in [0, 0.05) is 38.9 Å². The summed E-state index contributed by atoms with van der Waals surface area (Å²) in [7, 11) is 0. The fraction of sp³-hybridized carbons (Fsp3) is 0.682. The highest BCUT2D eigenvalue weighted by molar-refractivity contribution is 5.76. The lowest BCUT2D eigenvalue weighted by atomic mass is 9.78. The molecule has 180 valence electrons. The van der Waals surface area contributed by atoms with Crippen LogP contribution >= 0.6 is 0 Å². The van der Waals surface area contributed by atoms with Crippen molar-refractivity contribution in [1.29, 1.82) is 0 Å². The first-order valence-corrected chi connectivity index (χ1v) is 10.9. The molecule has 1 N–H and O–H groups in total. The summed E-state index contributed by atoms with van der Waals surface area (Å²) in [6.07, 6.45) is 2.37. The Bertz CT molecular complexity index is 722. The number of hydrogen-bond acceptors (Lipinski definition) is 5. The third kappa shape index (κ3) is 7.74. The summed E-state index contributed by atoms with van der Waals surface area (Å²) in [6, 6.07) is 5.89. The lowest BCUT2D eigenvalue weighted by molar-refractivity contribution is -0.192. The van der Waals surface area contributed by atoms with E-state index in [2.05, 4.69) is 11.9 Å². The second-order valence-corrected chi connectivity index (χ2v) is 7.99. The van der Waals surface area contributed by atoms with Crippen molar-refractivity contribution in [3.63, 3.8) is 0 Å².